The van der Waals surface area contributed by atoms with Crippen molar-refractivity contribution in [2.75, 3.05) is 24.7 Å². The second kappa shape index (κ2) is 6.64. The van der Waals surface area contributed by atoms with Crippen LogP contribution in [0.25, 0.3) is 0 Å². The molecule has 2 rings (SSSR count). The molecule has 4 heteroatoms. The Kier molecular flexibility index (Phi) is 5.13. The highest BCUT2D eigenvalue weighted by Crippen LogP contribution is 2.28. The van der Waals surface area contributed by atoms with Gasteiger partial charge in [-0.2, -0.15) is 11.8 Å². The Morgan fingerprint density at radius 1 is 1.42 bits per heavy atom. The van der Waals surface area contributed by atoms with Crippen molar-refractivity contribution in [2.45, 2.75) is 31.9 Å². The third-order valence-electron chi connectivity index (χ3n) is 3.51. The fourth-order valence-electron chi connectivity index (χ4n) is 2.22. The molecule has 0 unspecified atom stereocenters. The number of thioether (sulfide) groups is 1. The highest BCUT2D eigenvalue weighted by molar-refractivity contribution is 7.99. The molecule has 1 aliphatic rings. The van der Waals surface area contributed by atoms with E-state index in [1.165, 1.54) is 5.56 Å². The van der Waals surface area contributed by atoms with Crippen LogP contribution >= 0.6 is 11.8 Å². The van der Waals surface area contributed by atoms with Crippen molar-refractivity contribution < 1.29 is 9.84 Å². The van der Waals surface area contributed by atoms with Gasteiger partial charge in [-0.1, -0.05) is 12.1 Å². The maximum Gasteiger partial charge on any atom is 0.119 e. The van der Waals surface area contributed by atoms with Gasteiger partial charge in [-0.25, -0.2) is 0 Å². The summed E-state index contributed by atoms with van der Waals surface area (Å²) in [5.74, 6) is 2.82. The van der Waals surface area contributed by atoms with E-state index in [1.54, 1.807) is 0 Å². The van der Waals surface area contributed by atoms with Gasteiger partial charge in [-0.15, -0.1) is 0 Å². The average Bonchev–Trinajstić information content (AvgIpc) is 2.85. The van der Waals surface area contributed by atoms with E-state index in [9.17, 15) is 5.11 Å². The Morgan fingerprint density at radius 2 is 2.16 bits per heavy atom. The Morgan fingerprint density at radius 3 is 2.74 bits per heavy atom. The molecule has 0 amide bonds. The maximum absolute atomic E-state index is 10.3. The standard InChI is InChI=1S/C15H23NO2S/c1-3-18-14-6-4-13(5-7-14)12(2)16-10-15(17)8-9-19-11-15/h4-7,12,16-17H,3,8-11H2,1-2H3/t12-,15+/m1/s1. The zero-order valence-electron chi connectivity index (χ0n) is 11.7. The van der Waals surface area contributed by atoms with E-state index >= 15 is 0 Å². The maximum atomic E-state index is 10.3. The molecule has 1 aromatic carbocycles. The van der Waals surface area contributed by atoms with Crippen LogP contribution in [0.3, 0.4) is 0 Å². The van der Waals surface area contributed by atoms with Crippen LogP contribution in [0.15, 0.2) is 24.3 Å². The van der Waals surface area contributed by atoms with Crippen LogP contribution in [0.4, 0.5) is 0 Å². The summed E-state index contributed by atoms with van der Waals surface area (Å²) < 4.78 is 5.43. The number of nitrogens with one attached hydrogen (secondary N) is 1. The summed E-state index contributed by atoms with van der Waals surface area (Å²) in [5.41, 5.74) is 0.696. The first-order valence-electron chi connectivity index (χ1n) is 6.89. The molecule has 0 radical (unpaired) electrons. The normalized spacial score (nSPS) is 24.4. The molecule has 0 saturated carbocycles. The van der Waals surface area contributed by atoms with Gasteiger partial charge in [-0.3, -0.25) is 0 Å². The molecule has 1 fully saturated rings. The van der Waals surface area contributed by atoms with Crippen LogP contribution in [0, 0.1) is 0 Å². The Labute approximate surface area is 119 Å². The second-order valence-corrected chi connectivity index (χ2v) is 6.24. The lowest BCUT2D eigenvalue weighted by atomic mass is 10.0. The smallest absolute Gasteiger partial charge is 0.119 e. The summed E-state index contributed by atoms with van der Waals surface area (Å²) in [4.78, 5) is 0. The zero-order valence-corrected chi connectivity index (χ0v) is 12.5. The van der Waals surface area contributed by atoms with E-state index in [2.05, 4.69) is 24.4 Å². The van der Waals surface area contributed by atoms with E-state index < -0.39 is 5.60 Å². The first-order valence-corrected chi connectivity index (χ1v) is 8.05. The number of rotatable bonds is 6. The largest absolute Gasteiger partial charge is 0.494 e. The molecule has 0 aliphatic carbocycles. The summed E-state index contributed by atoms with van der Waals surface area (Å²) in [5, 5.41) is 13.7. The lowest BCUT2D eigenvalue weighted by molar-refractivity contribution is 0.0651. The van der Waals surface area contributed by atoms with E-state index in [1.807, 2.05) is 30.8 Å². The molecule has 2 N–H and O–H groups in total. The van der Waals surface area contributed by atoms with Crippen molar-refractivity contribution in [1.29, 1.82) is 0 Å². The van der Waals surface area contributed by atoms with E-state index in [0.29, 0.717) is 13.2 Å². The van der Waals surface area contributed by atoms with Gasteiger partial charge in [-0.05, 0) is 43.7 Å². The molecular weight excluding hydrogens is 258 g/mol. The molecule has 106 valence electrons. The molecule has 3 nitrogen and oxygen atoms in total. The summed E-state index contributed by atoms with van der Waals surface area (Å²) in [6.45, 7) is 5.46. The fraction of sp³-hybridized carbons (Fsp3) is 0.600. The molecule has 2 atom stereocenters. The van der Waals surface area contributed by atoms with Gasteiger partial charge in [0.1, 0.15) is 5.75 Å². The van der Waals surface area contributed by atoms with E-state index in [0.717, 1.165) is 23.7 Å². The van der Waals surface area contributed by atoms with Gasteiger partial charge in [0.05, 0.1) is 12.2 Å². The lowest BCUT2D eigenvalue weighted by Gasteiger charge is -2.24. The van der Waals surface area contributed by atoms with E-state index in [-0.39, 0.29) is 6.04 Å². The molecule has 1 aliphatic heterocycles. The number of benzene rings is 1. The van der Waals surface area contributed by atoms with E-state index in [4.69, 9.17) is 4.74 Å². The molecule has 1 aromatic rings. The molecule has 0 bridgehead atoms. The number of hydrogen-bond donors (Lipinski definition) is 2. The highest BCUT2D eigenvalue weighted by atomic mass is 32.2. The van der Waals surface area contributed by atoms with Gasteiger partial charge >= 0.3 is 0 Å². The Balaban J connectivity index is 1.86. The molecule has 0 aromatic heterocycles. The summed E-state index contributed by atoms with van der Waals surface area (Å²) >= 11 is 1.83. The van der Waals surface area contributed by atoms with Gasteiger partial charge in [0.25, 0.3) is 0 Å². The number of ether oxygens (including phenoxy) is 1. The summed E-state index contributed by atoms with van der Waals surface area (Å²) in [6.07, 6.45) is 0.890. The van der Waals surface area contributed by atoms with Crippen LogP contribution in [0.1, 0.15) is 31.9 Å². The van der Waals surface area contributed by atoms with Crippen molar-refractivity contribution in [2.24, 2.45) is 0 Å². The first kappa shape index (κ1) is 14.7. The predicted molar refractivity (Wildman–Crippen MR) is 80.9 cm³/mol. The van der Waals surface area contributed by atoms with Gasteiger partial charge in [0.15, 0.2) is 0 Å². The Hall–Kier alpha value is -0.710. The van der Waals surface area contributed by atoms with Crippen LogP contribution in [0.5, 0.6) is 5.75 Å². The van der Waals surface area contributed by atoms with Gasteiger partial charge in [0, 0.05) is 18.3 Å². The topological polar surface area (TPSA) is 41.5 Å². The molecule has 0 spiro atoms. The molecule has 1 heterocycles. The van der Waals surface area contributed by atoms with Crippen molar-refractivity contribution in [1.82, 2.24) is 5.32 Å². The quantitative estimate of drug-likeness (QED) is 0.841. The average molecular weight is 281 g/mol. The minimum absolute atomic E-state index is 0.241. The minimum Gasteiger partial charge on any atom is -0.494 e. The monoisotopic (exact) mass is 281 g/mol. The summed E-state index contributed by atoms with van der Waals surface area (Å²) in [7, 11) is 0. The predicted octanol–water partition coefficient (Wildman–Crippen LogP) is 2.60. The SMILES string of the molecule is CCOc1ccc([C@@H](C)NC[C@@]2(O)CCSC2)cc1. The van der Waals surface area contributed by atoms with Crippen LogP contribution < -0.4 is 10.1 Å². The first-order chi connectivity index (χ1) is 9.13. The zero-order chi connectivity index (χ0) is 13.7. The molecule has 1 saturated heterocycles. The van der Waals surface area contributed by atoms with Gasteiger partial charge in [0.2, 0.25) is 0 Å². The highest BCUT2D eigenvalue weighted by Gasteiger charge is 2.31. The van der Waals surface area contributed by atoms with Crippen molar-refractivity contribution in [3.05, 3.63) is 29.8 Å². The van der Waals surface area contributed by atoms with Crippen LogP contribution in [0.2, 0.25) is 0 Å². The van der Waals surface area contributed by atoms with Gasteiger partial charge < -0.3 is 15.2 Å². The van der Waals surface area contributed by atoms with Crippen molar-refractivity contribution in [3.63, 3.8) is 0 Å². The number of hydrogen-bond acceptors (Lipinski definition) is 4. The van der Waals surface area contributed by atoms with Crippen LogP contribution in [-0.2, 0) is 0 Å². The molecular formula is C15H23NO2S. The Bertz CT molecular complexity index is 388. The fourth-order valence-corrected chi connectivity index (χ4v) is 3.51. The third kappa shape index (κ3) is 4.13. The minimum atomic E-state index is -0.524. The lowest BCUT2D eigenvalue weighted by Crippen LogP contribution is -2.41. The van der Waals surface area contributed by atoms with Crippen molar-refractivity contribution in [3.8, 4) is 5.75 Å². The van der Waals surface area contributed by atoms with Crippen LogP contribution in [-0.4, -0.2) is 35.4 Å². The number of aliphatic hydroxyl groups is 1. The summed E-state index contributed by atoms with van der Waals surface area (Å²) in [6, 6.07) is 8.39. The molecule has 19 heavy (non-hydrogen) atoms. The third-order valence-corrected chi connectivity index (χ3v) is 4.75. The second-order valence-electron chi connectivity index (χ2n) is 5.13. The van der Waals surface area contributed by atoms with Crippen molar-refractivity contribution >= 4 is 11.8 Å².